The van der Waals surface area contributed by atoms with Gasteiger partial charge < -0.3 is 14.6 Å². The van der Waals surface area contributed by atoms with E-state index in [1.165, 1.54) is 21.9 Å². The van der Waals surface area contributed by atoms with Gasteiger partial charge in [0.25, 0.3) is 0 Å². The van der Waals surface area contributed by atoms with Crippen molar-refractivity contribution in [3.63, 3.8) is 0 Å². The van der Waals surface area contributed by atoms with E-state index in [2.05, 4.69) is 98.1 Å². The van der Waals surface area contributed by atoms with E-state index in [0.717, 1.165) is 33.0 Å². The third kappa shape index (κ3) is 4.71. The summed E-state index contributed by atoms with van der Waals surface area (Å²) in [5.74, 6) is 0.538. The van der Waals surface area contributed by atoms with Crippen molar-refractivity contribution in [2.75, 3.05) is 0 Å². The summed E-state index contributed by atoms with van der Waals surface area (Å²) in [6, 6.07) is 41.8. The molecule has 0 aliphatic heterocycles. The average Bonchev–Trinajstić information content (AvgIpc) is 3.32. The van der Waals surface area contributed by atoms with Crippen LogP contribution in [0.15, 0.2) is 146 Å². The molecule has 0 amide bonds. The Labute approximate surface area is 262 Å². The van der Waals surface area contributed by atoms with E-state index >= 15 is 0 Å². The fraction of sp³-hybridized carbons (Fsp3) is 0.0976. The van der Waals surface area contributed by atoms with Gasteiger partial charge in [0.1, 0.15) is 11.5 Å². The number of carbonyl (C=O) groups is 1. The summed E-state index contributed by atoms with van der Waals surface area (Å²) in [6.07, 6.45) is -1.09. The Bertz CT molecular complexity index is 2050. The van der Waals surface area contributed by atoms with Gasteiger partial charge in [-0.25, -0.2) is 4.79 Å². The van der Waals surface area contributed by atoms with Crippen molar-refractivity contribution in [3.05, 3.63) is 168 Å². The fourth-order valence-corrected chi connectivity index (χ4v) is 6.46. The average molecular weight is 589 g/mol. The Kier molecular flexibility index (Phi) is 6.87. The third-order valence-electron chi connectivity index (χ3n) is 8.67. The van der Waals surface area contributed by atoms with E-state index < -0.39 is 17.7 Å². The van der Waals surface area contributed by atoms with Gasteiger partial charge in [-0.3, -0.25) is 0 Å². The maximum absolute atomic E-state index is 12.3. The summed E-state index contributed by atoms with van der Waals surface area (Å²) in [5.41, 5.74) is 6.89. The van der Waals surface area contributed by atoms with Crippen LogP contribution in [-0.4, -0.2) is 17.4 Å². The number of rotatable bonds is 7. The van der Waals surface area contributed by atoms with Crippen molar-refractivity contribution in [1.29, 1.82) is 0 Å². The molecule has 1 atom stereocenters. The number of hydrogen-bond acceptors (Lipinski definition) is 4. The molecule has 0 bridgehead atoms. The zero-order chi connectivity index (χ0) is 31.3. The van der Waals surface area contributed by atoms with E-state index in [-0.39, 0.29) is 0 Å². The lowest BCUT2D eigenvalue weighted by atomic mass is 9.67. The second-order valence-electron chi connectivity index (χ2n) is 11.8. The van der Waals surface area contributed by atoms with Gasteiger partial charge in [-0.2, -0.15) is 0 Å². The van der Waals surface area contributed by atoms with Crippen LogP contribution >= 0.6 is 0 Å². The highest BCUT2D eigenvalue weighted by Gasteiger charge is 2.46. The van der Waals surface area contributed by atoms with Crippen LogP contribution in [0.25, 0.3) is 32.7 Å². The highest BCUT2D eigenvalue weighted by Crippen LogP contribution is 2.58. The molecule has 1 unspecified atom stereocenters. The van der Waals surface area contributed by atoms with Crippen LogP contribution in [0.3, 0.4) is 0 Å². The molecule has 0 heterocycles. The van der Waals surface area contributed by atoms with Crippen LogP contribution in [0.1, 0.15) is 36.1 Å². The second-order valence-corrected chi connectivity index (χ2v) is 11.8. The maximum Gasteiger partial charge on any atom is 0.338 e. The van der Waals surface area contributed by atoms with E-state index in [9.17, 15) is 9.90 Å². The monoisotopic (exact) mass is 588 g/mol. The predicted octanol–water partition coefficient (Wildman–Crippen LogP) is 9.11. The van der Waals surface area contributed by atoms with Crippen molar-refractivity contribution in [3.8, 4) is 22.6 Å². The minimum atomic E-state index is -1.09. The zero-order valence-electron chi connectivity index (χ0n) is 25.2. The van der Waals surface area contributed by atoms with Crippen molar-refractivity contribution in [1.82, 2.24) is 0 Å². The molecule has 0 spiro atoms. The summed E-state index contributed by atoms with van der Waals surface area (Å²) in [5, 5.41) is 14.9. The Morgan fingerprint density at radius 2 is 1.07 bits per heavy atom. The number of fused-ring (bicyclic) bond motifs is 5. The highest BCUT2D eigenvalue weighted by molar-refractivity contribution is 6.00. The maximum atomic E-state index is 12.3. The molecule has 0 fully saturated rings. The Hall–Kier alpha value is -5.45. The molecule has 0 saturated heterocycles. The van der Waals surface area contributed by atoms with Gasteiger partial charge in [0.2, 0.25) is 6.29 Å². The van der Waals surface area contributed by atoms with Crippen molar-refractivity contribution in [2.24, 2.45) is 0 Å². The van der Waals surface area contributed by atoms with Crippen molar-refractivity contribution < 1.29 is 19.4 Å². The largest absolute Gasteiger partial charge is 0.461 e. The minimum absolute atomic E-state index is 0.340. The molecule has 45 heavy (non-hydrogen) atoms. The number of esters is 1. The SMILES string of the molecule is C=C(C)C(=O)Oc1ccc(C2(c3ccc(OC(O)C(=C)C)cc3)c3cc4ccccc4cc3-c3cc4ccccc4cc32)cc1. The van der Waals surface area contributed by atoms with Crippen LogP contribution in [-0.2, 0) is 10.2 Å². The topological polar surface area (TPSA) is 55.8 Å². The first-order chi connectivity index (χ1) is 21.8. The van der Waals surface area contributed by atoms with Gasteiger partial charge in [-0.1, -0.05) is 86.0 Å². The Morgan fingerprint density at radius 1 is 0.644 bits per heavy atom. The van der Waals surface area contributed by atoms with Crippen LogP contribution in [0.2, 0.25) is 0 Å². The normalized spacial score (nSPS) is 13.6. The summed E-state index contributed by atoms with van der Waals surface area (Å²) in [7, 11) is 0. The first-order valence-corrected chi connectivity index (χ1v) is 14.9. The lowest BCUT2D eigenvalue weighted by Gasteiger charge is -2.34. The number of carbonyl (C=O) groups excluding carboxylic acids is 1. The first kappa shape index (κ1) is 28.3. The molecule has 220 valence electrons. The highest BCUT2D eigenvalue weighted by atomic mass is 16.6. The summed E-state index contributed by atoms with van der Waals surface area (Å²) in [6.45, 7) is 10.9. The number of aliphatic hydroxyl groups is 1. The molecule has 7 rings (SSSR count). The Balaban J connectivity index is 1.52. The quantitative estimate of drug-likeness (QED) is 0.0663. The second kappa shape index (κ2) is 10.9. The lowest BCUT2D eigenvalue weighted by Crippen LogP contribution is -2.28. The minimum Gasteiger partial charge on any atom is -0.461 e. The van der Waals surface area contributed by atoms with Crippen molar-refractivity contribution in [2.45, 2.75) is 25.6 Å². The molecule has 1 N–H and O–H groups in total. The van der Waals surface area contributed by atoms with Gasteiger partial charge in [0.15, 0.2) is 0 Å². The van der Waals surface area contributed by atoms with Crippen LogP contribution in [0.4, 0.5) is 0 Å². The van der Waals surface area contributed by atoms with Crippen LogP contribution in [0, 0.1) is 0 Å². The van der Waals surface area contributed by atoms with E-state index in [1.54, 1.807) is 13.8 Å². The van der Waals surface area contributed by atoms with Crippen LogP contribution in [0.5, 0.6) is 11.5 Å². The van der Waals surface area contributed by atoms with Gasteiger partial charge in [-0.05, 0) is 123 Å². The number of aliphatic hydroxyl groups excluding tert-OH is 1. The van der Waals surface area contributed by atoms with Crippen molar-refractivity contribution >= 4 is 27.5 Å². The molecule has 1 aliphatic carbocycles. The van der Waals surface area contributed by atoms with Crippen LogP contribution < -0.4 is 9.47 Å². The van der Waals surface area contributed by atoms with Gasteiger partial charge in [0.05, 0.1) is 5.41 Å². The van der Waals surface area contributed by atoms with Gasteiger partial charge in [-0.15, -0.1) is 0 Å². The number of ether oxygens (including phenoxy) is 2. The smallest absolute Gasteiger partial charge is 0.338 e. The standard InChI is InChI=1S/C41H32O4/c1-25(2)39(42)44-33-17-13-31(14-18-33)41(32-15-19-34(20-16-32)45-40(43)26(3)4)37-23-29-11-7-5-9-27(29)21-35(37)36-22-28-10-6-8-12-30(28)24-38(36)41/h5-24,39,42H,1,3H2,2,4H3. The predicted molar refractivity (Wildman–Crippen MR) is 181 cm³/mol. The lowest BCUT2D eigenvalue weighted by molar-refractivity contribution is -0.130. The molecule has 6 aromatic carbocycles. The summed E-state index contributed by atoms with van der Waals surface area (Å²) in [4.78, 5) is 12.3. The molecule has 1 aliphatic rings. The number of hydrogen-bond donors (Lipinski definition) is 1. The van der Waals surface area contributed by atoms with Gasteiger partial charge in [0, 0.05) is 5.57 Å². The molecular weight excluding hydrogens is 556 g/mol. The first-order valence-electron chi connectivity index (χ1n) is 14.9. The summed E-state index contributed by atoms with van der Waals surface area (Å²) >= 11 is 0. The Morgan fingerprint density at radius 3 is 1.49 bits per heavy atom. The third-order valence-corrected chi connectivity index (χ3v) is 8.67. The number of benzene rings is 6. The molecule has 4 heteroatoms. The molecule has 0 aromatic heterocycles. The molecule has 0 saturated carbocycles. The fourth-order valence-electron chi connectivity index (χ4n) is 6.46. The van der Waals surface area contributed by atoms with E-state index in [1.807, 2.05) is 36.4 Å². The summed E-state index contributed by atoms with van der Waals surface area (Å²) < 4.78 is 11.3. The van der Waals surface area contributed by atoms with E-state index in [0.29, 0.717) is 22.6 Å². The molecule has 4 nitrogen and oxygen atoms in total. The molecule has 6 aromatic rings. The molecule has 0 radical (unpaired) electrons. The van der Waals surface area contributed by atoms with Gasteiger partial charge >= 0.3 is 5.97 Å². The zero-order valence-corrected chi connectivity index (χ0v) is 25.2. The molecular formula is C41H32O4. The van der Waals surface area contributed by atoms with E-state index in [4.69, 9.17) is 9.47 Å².